The Labute approximate surface area is 208 Å². The second-order valence-electron chi connectivity index (χ2n) is 8.87. The van der Waals surface area contributed by atoms with Gasteiger partial charge in [-0.2, -0.15) is 13.2 Å². The number of hydrogen-bond acceptors (Lipinski definition) is 6. The molecule has 1 N–H and O–H groups in total. The number of hydrogen-bond donors (Lipinski definition) is 1. The molecule has 2 aliphatic heterocycles. The number of ether oxygens (including phenoxy) is 1. The van der Waals surface area contributed by atoms with Crippen molar-refractivity contribution in [3.05, 3.63) is 65.6 Å². The van der Waals surface area contributed by atoms with Gasteiger partial charge in [-0.1, -0.05) is 13.8 Å². The molecular formula is C25H20F3N5O4. The molecule has 0 unspecified atom stereocenters. The number of urea groups is 1. The predicted molar refractivity (Wildman–Crippen MR) is 127 cm³/mol. The van der Waals surface area contributed by atoms with Crippen molar-refractivity contribution in [1.29, 1.82) is 0 Å². The van der Waals surface area contributed by atoms with Crippen molar-refractivity contribution in [3.63, 3.8) is 0 Å². The molecule has 1 saturated heterocycles. The van der Waals surface area contributed by atoms with Crippen LogP contribution in [0.5, 0.6) is 11.5 Å². The number of pyridine rings is 2. The summed E-state index contributed by atoms with van der Waals surface area (Å²) < 4.78 is 45.5. The van der Waals surface area contributed by atoms with E-state index in [1.807, 2.05) is 13.8 Å². The van der Waals surface area contributed by atoms with Gasteiger partial charge in [-0.3, -0.25) is 19.5 Å². The molecule has 5 rings (SSSR count). The van der Waals surface area contributed by atoms with Gasteiger partial charge in [0.15, 0.2) is 0 Å². The number of benzene rings is 1. The molecule has 2 aliphatic rings. The number of nitrogens with zero attached hydrogens (tertiary/aromatic N) is 4. The SMILES string of the molecule is CC(C)c1cc(N2C(=O)CN(c3cncc(C(F)(F)F)c3)C2=O)ccc1Oc1ccnc2c1CC(=O)N2. The van der Waals surface area contributed by atoms with Crippen LogP contribution in [0.15, 0.2) is 48.9 Å². The first kappa shape index (κ1) is 24.2. The number of rotatable bonds is 5. The van der Waals surface area contributed by atoms with Crippen LogP contribution in [0.2, 0.25) is 0 Å². The third-order valence-electron chi connectivity index (χ3n) is 6.03. The Morgan fingerprint density at radius 3 is 2.54 bits per heavy atom. The maximum Gasteiger partial charge on any atom is 0.417 e. The van der Waals surface area contributed by atoms with Crippen LogP contribution in [0.3, 0.4) is 0 Å². The van der Waals surface area contributed by atoms with Gasteiger partial charge in [0.2, 0.25) is 5.91 Å². The van der Waals surface area contributed by atoms with Crippen LogP contribution in [0.25, 0.3) is 0 Å². The molecule has 3 aromatic rings. The normalized spacial score (nSPS) is 15.5. The molecule has 0 bridgehead atoms. The van der Waals surface area contributed by atoms with Crippen molar-refractivity contribution in [2.45, 2.75) is 32.4 Å². The standard InChI is InChI=1S/C25H20F3N5O4/c1-13(2)17-8-15(3-4-19(17)37-20-5-6-30-23-18(20)9-21(34)31-23)33-22(35)12-32(24(33)36)16-7-14(10-29-11-16)25(26,27)28/h3-8,10-11,13H,9,12H2,1-2H3,(H,30,31,34). The Morgan fingerprint density at radius 1 is 1.03 bits per heavy atom. The third-order valence-corrected chi connectivity index (χ3v) is 6.03. The van der Waals surface area contributed by atoms with Crippen LogP contribution in [0.1, 0.15) is 36.5 Å². The molecule has 1 aromatic carbocycles. The lowest BCUT2D eigenvalue weighted by molar-refractivity contribution is -0.137. The van der Waals surface area contributed by atoms with E-state index in [2.05, 4.69) is 15.3 Å². The number of carbonyl (C=O) groups excluding carboxylic acids is 3. The molecule has 12 heteroatoms. The molecule has 0 spiro atoms. The van der Waals surface area contributed by atoms with E-state index in [1.165, 1.54) is 12.3 Å². The van der Waals surface area contributed by atoms with E-state index in [0.29, 0.717) is 34.6 Å². The molecule has 1 fully saturated rings. The smallest absolute Gasteiger partial charge is 0.417 e. The molecule has 37 heavy (non-hydrogen) atoms. The molecule has 4 heterocycles. The maximum atomic E-state index is 13.1. The molecule has 190 valence electrons. The van der Waals surface area contributed by atoms with Crippen molar-refractivity contribution in [1.82, 2.24) is 9.97 Å². The Bertz CT molecular complexity index is 1440. The highest BCUT2D eigenvalue weighted by Crippen LogP contribution is 2.39. The number of amides is 4. The molecule has 2 aromatic heterocycles. The zero-order valence-electron chi connectivity index (χ0n) is 19.7. The fourth-order valence-corrected chi connectivity index (χ4v) is 4.21. The number of anilines is 3. The second-order valence-corrected chi connectivity index (χ2v) is 8.87. The van der Waals surface area contributed by atoms with Gasteiger partial charge in [-0.25, -0.2) is 14.7 Å². The highest BCUT2D eigenvalue weighted by atomic mass is 19.4. The Balaban J connectivity index is 1.45. The summed E-state index contributed by atoms with van der Waals surface area (Å²) in [4.78, 5) is 47.3. The van der Waals surface area contributed by atoms with Crippen molar-refractivity contribution < 1.29 is 32.3 Å². The average molecular weight is 511 g/mol. The average Bonchev–Trinajstić information content (AvgIpc) is 3.37. The van der Waals surface area contributed by atoms with Gasteiger partial charge in [-0.05, 0) is 41.8 Å². The van der Waals surface area contributed by atoms with E-state index >= 15 is 0 Å². The number of alkyl halides is 3. The van der Waals surface area contributed by atoms with Crippen molar-refractivity contribution in [2.24, 2.45) is 0 Å². The number of halogens is 3. The Hall–Kier alpha value is -4.48. The lowest BCUT2D eigenvalue weighted by Gasteiger charge is -2.21. The van der Waals surface area contributed by atoms with Crippen LogP contribution >= 0.6 is 0 Å². The van der Waals surface area contributed by atoms with Crippen LogP contribution in [-0.4, -0.2) is 34.4 Å². The molecular weight excluding hydrogens is 491 g/mol. The van der Waals surface area contributed by atoms with Crippen LogP contribution < -0.4 is 19.9 Å². The summed E-state index contributed by atoms with van der Waals surface area (Å²) in [5.41, 5.74) is 0.410. The summed E-state index contributed by atoms with van der Waals surface area (Å²) >= 11 is 0. The van der Waals surface area contributed by atoms with E-state index in [9.17, 15) is 27.6 Å². The van der Waals surface area contributed by atoms with Gasteiger partial charge >= 0.3 is 12.2 Å². The van der Waals surface area contributed by atoms with Gasteiger partial charge < -0.3 is 10.1 Å². The van der Waals surface area contributed by atoms with Crippen molar-refractivity contribution >= 4 is 35.0 Å². The summed E-state index contributed by atoms with van der Waals surface area (Å²) in [6.07, 6.45) is -1.24. The van der Waals surface area contributed by atoms with Gasteiger partial charge in [0, 0.05) is 18.0 Å². The molecule has 0 saturated carbocycles. The minimum absolute atomic E-state index is 0.0822. The Kier molecular flexibility index (Phi) is 5.81. The number of nitrogens with one attached hydrogen (secondary N) is 1. The predicted octanol–water partition coefficient (Wildman–Crippen LogP) is 4.88. The number of fused-ring (bicyclic) bond motifs is 1. The van der Waals surface area contributed by atoms with E-state index in [4.69, 9.17) is 4.74 Å². The van der Waals surface area contributed by atoms with E-state index < -0.39 is 30.2 Å². The van der Waals surface area contributed by atoms with Gasteiger partial charge in [0.25, 0.3) is 5.91 Å². The highest BCUT2D eigenvalue weighted by molar-refractivity contribution is 6.27. The minimum Gasteiger partial charge on any atom is -0.457 e. The van der Waals surface area contributed by atoms with Gasteiger partial charge in [0.1, 0.15) is 23.9 Å². The fraction of sp³-hybridized carbons (Fsp3) is 0.240. The fourth-order valence-electron chi connectivity index (χ4n) is 4.21. The summed E-state index contributed by atoms with van der Waals surface area (Å²) in [7, 11) is 0. The van der Waals surface area contributed by atoms with Gasteiger partial charge in [-0.15, -0.1) is 0 Å². The first-order valence-electron chi connectivity index (χ1n) is 11.3. The van der Waals surface area contributed by atoms with E-state index in [-0.39, 0.29) is 29.6 Å². The minimum atomic E-state index is -4.64. The summed E-state index contributed by atoms with van der Waals surface area (Å²) in [6, 6.07) is 6.41. The van der Waals surface area contributed by atoms with Crippen molar-refractivity contribution in [2.75, 3.05) is 21.7 Å². The van der Waals surface area contributed by atoms with Gasteiger partial charge in [0.05, 0.1) is 29.6 Å². The largest absolute Gasteiger partial charge is 0.457 e. The zero-order chi connectivity index (χ0) is 26.5. The number of carbonyl (C=O) groups is 3. The molecule has 0 aliphatic carbocycles. The lowest BCUT2D eigenvalue weighted by Crippen LogP contribution is -2.33. The zero-order valence-corrected chi connectivity index (χ0v) is 19.7. The van der Waals surface area contributed by atoms with Crippen LogP contribution in [0.4, 0.5) is 35.2 Å². The highest BCUT2D eigenvalue weighted by Gasteiger charge is 2.40. The molecule has 0 atom stereocenters. The summed E-state index contributed by atoms with van der Waals surface area (Å²) in [5.74, 6) is 0.481. The third kappa shape index (κ3) is 4.46. The monoisotopic (exact) mass is 511 g/mol. The summed E-state index contributed by atoms with van der Waals surface area (Å²) in [6.45, 7) is 3.38. The summed E-state index contributed by atoms with van der Waals surface area (Å²) in [5, 5.41) is 2.66. The molecule has 4 amide bonds. The molecule has 9 nitrogen and oxygen atoms in total. The first-order chi connectivity index (χ1) is 17.5. The first-order valence-corrected chi connectivity index (χ1v) is 11.3. The van der Waals surface area contributed by atoms with Crippen molar-refractivity contribution in [3.8, 4) is 11.5 Å². The number of imide groups is 1. The quantitative estimate of drug-likeness (QED) is 0.490. The van der Waals surface area contributed by atoms with E-state index in [0.717, 1.165) is 22.1 Å². The lowest BCUT2D eigenvalue weighted by atomic mass is 10.0. The number of aromatic nitrogens is 2. The van der Waals surface area contributed by atoms with Crippen LogP contribution in [0, 0.1) is 0 Å². The maximum absolute atomic E-state index is 13.1. The Morgan fingerprint density at radius 2 is 1.81 bits per heavy atom. The van der Waals surface area contributed by atoms with E-state index in [1.54, 1.807) is 18.2 Å². The molecule has 0 radical (unpaired) electrons. The topological polar surface area (TPSA) is 105 Å². The second kappa shape index (κ2) is 8.87. The van der Waals surface area contributed by atoms with Crippen LogP contribution in [-0.2, 0) is 22.2 Å².